The van der Waals surface area contributed by atoms with Crippen molar-refractivity contribution in [3.05, 3.63) is 53.6 Å². The summed E-state index contributed by atoms with van der Waals surface area (Å²) in [6.45, 7) is 1.67. The fourth-order valence-electron chi connectivity index (χ4n) is 2.59. The molecule has 0 saturated heterocycles. The predicted octanol–water partition coefficient (Wildman–Crippen LogP) is 3.16. The molecule has 0 saturated carbocycles. The maximum atomic E-state index is 11.7. The lowest BCUT2D eigenvalue weighted by molar-refractivity contribution is -0.117. The Morgan fingerprint density at radius 3 is 2.36 bits per heavy atom. The summed E-state index contributed by atoms with van der Waals surface area (Å²) in [4.78, 5) is 11.7. The molecule has 5 nitrogen and oxygen atoms in total. The fourth-order valence-corrected chi connectivity index (χ4v) is 2.59. The van der Waals surface area contributed by atoms with Gasteiger partial charge < -0.3 is 20.5 Å². The first kappa shape index (κ1) is 18.8. The first-order valence-electron chi connectivity index (χ1n) is 8.39. The van der Waals surface area contributed by atoms with Crippen LogP contribution in [-0.2, 0) is 17.6 Å². The normalized spacial score (nSPS) is 11.7. The van der Waals surface area contributed by atoms with E-state index in [1.54, 1.807) is 21.1 Å². The van der Waals surface area contributed by atoms with Gasteiger partial charge in [-0.1, -0.05) is 18.2 Å². The summed E-state index contributed by atoms with van der Waals surface area (Å²) in [5, 5.41) is 2.82. The Labute approximate surface area is 149 Å². The molecule has 0 bridgehead atoms. The molecular formula is C20H26N2O3. The van der Waals surface area contributed by atoms with E-state index in [4.69, 9.17) is 15.2 Å². The summed E-state index contributed by atoms with van der Waals surface area (Å²) in [7, 11) is 3.28. The van der Waals surface area contributed by atoms with Gasteiger partial charge in [-0.3, -0.25) is 4.79 Å². The van der Waals surface area contributed by atoms with Crippen molar-refractivity contribution in [2.45, 2.75) is 32.2 Å². The van der Waals surface area contributed by atoms with E-state index >= 15 is 0 Å². The molecule has 0 heterocycles. The van der Waals surface area contributed by atoms with E-state index in [2.05, 4.69) is 17.4 Å². The molecule has 1 atom stereocenters. The molecule has 1 amide bonds. The zero-order chi connectivity index (χ0) is 18.2. The van der Waals surface area contributed by atoms with Crippen molar-refractivity contribution in [2.75, 3.05) is 19.5 Å². The number of hydrogen-bond acceptors (Lipinski definition) is 4. The minimum atomic E-state index is -0.520. The van der Waals surface area contributed by atoms with Gasteiger partial charge in [-0.15, -0.1) is 0 Å². The van der Waals surface area contributed by atoms with E-state index in [1.165, 1.54) is 11.1 Å². The van der Waals surface area contributed by atoms with Gasteiger partial charge >= 0.3 is 0 Å². The van der Waals surface area contributed by atoms with Crippen molar-refractivity contribution >= 4 is 11.6 Å². The highest BCUT2D eigenvalue weighted by atomic mass is 16.5. The maximum Gasteiger partial charge on any atom is 0.240 e. The molecule has 2 rings (SSSR count). The van der Waals surface area contributed by atoms with E-state index in [1.807, 2.05) is 30.3 Å². The summed E-state index contributed by atoms with van der Waals surface area (Å²) >= 11 is 0. The van der Waals surface area contributed by atoms with Gasteiger partial charge in [-0.2, -0.15) is 0 Å². The summed E-state index contributed by atoms with van der Waals surface area (Å²) in [5.74, 6) is 1.31. The van der Waals surface area contributed by atoms with Crippen LogP contribution in [0.1, 0.15) is 24.5 Å². The van der Waals surface area contributed by atoms with Crippen molar-refractivity contribution in [1.82, 2.24) is 0 Å². The van der Waals surface area contributed by atoms with E-state index in [-0.39, 0.29) is 5.91 Å². The molecule has 0 fully saturated rings. The lowest BCUT2D eigenvalue weighted by atomic mass is 10.0. The highest BCUT2D eigenvalue weighted by Gasteiger charge is 2.08. The second kappa shape index (κ2) is 9.08. The minimum absolute atomic E-state index is 0.178. The van der Waals surface area contributed by atoms with Gasteiger partial charge in [0.25, 0.3) is 0 Å². The molecule has 0 spiro atoms. The van der Waals surface area contributed by atoms with Gasteiger partial charge in [-0.05, 0) is 61.6 Å². The van der Waals surface area contributed by atoms with E-state index < -0.39 is 6.04 Å². The van der Waals surface area contributed by atoms with Crippen LogP contribution < -0.4 is 20.5 Å². The monoisotopic (exact) mass is 342 g/mol. The van der Waals surface area contributed by atoms with Crippen LogP contribution in [0, 0.1) is 0 Å². The van der Waals surface area contributed by atoms with Crippen LogP contribution >= 0.6 is 0 Å². The number of aryl methyl sites for hydroxylation is 2. The predicted molar refractivity (Wildman–Crippen MR) is 100 cm³/mol. The number of amides is 1. The third-order valence-corrected chi connectivity index (χ3v) is 3.99. The second-order valence-corrected chi connectivity index (χ2v) is 6.02. The Morgan fingerprint density at radius 1 is 1.04 bits per heavy atom. The van der Waals surface area contributed by atoms with Gasteiger partial charge in [0, 0.05) is 5.69 Å². The summed E-state index contributed by atoms with van der Waals surface area (Å²) in [6, 6.07) is 13.4. The molecular weight excluding hydrogens is 316 g/mol. The van der Waals surface area contributed by atoms with Crippen LogP contribution in [0.2, 0.25) is 0 Å². The number of carbonyl (C=O) groups excluding carboxylic acids is 1. The van der Waals surface area contributed by atoms with Crippen LogP contribution in [-0.4, -0.2) is 26.2 Å². The Balaban J connectivity index is 1.92. The topological polar surface area (TPSA) is 73.6 Å². The number of carbonyl (C=O) groups is 1. The number of nitrogens with two attached hydrogens (primary N) is 1. The quantitative estimate of drug-likeness (QED) is 0.773. The average Bonchev–Trinajstić information content (AvgIpc) is 2.61. The third kappa shape index (κ3) is 5.50. The van der Waals surface area contributed by atoms with Gasteiger partial charge in [0.1, 0.15) is 0 Å². The summed E-state index contributed by atoms with van der Waals surface area (Å²) in [5.41, 5.74) is 8.75. The summed E-state index contributed by atoms with van der Waals surface area (Å²) < 4.78 is 10.6. The minimum Gasteiger partial charge on any atom is -0.493 e. The van der Waals surface area contributed by atoms with Crippen LogP contribution in [0.25, 0.3) is 0 Å². The third-order valence-electron chi connectivity index (χ3n) is 3.99. The molecule has 2 aromatic carbocycles. The zero-order valence-electron chi connectivity index (χ0n) is 15.0. The maximum absolute atomic E-state index is 11.7. The Kier molecular flexibility index (Phi) is 6.83. The number of nitrogens with one attached hydrogen (secondary N) is 1. The molecule has 0 aliphatic rings. The second-order valence-electron chi connectivity index (χ2n) is 6.02. The van der Waals surface area contributed by atoms with Crippen molar-refractivity contribution in [3.8, 4) is 11.5 Å². The van der Waals surface area contributed by atoms with Gasteiger partial charge in [-0.25, -0.2) is 0 Å². The lowest BCUT2D eigenvalue weighted by Gasteiger charge is -2.10. The number of hydrogen-bond donors (Lipinski definition) is 2. The Bertz CT molecular complexity index is 714. The Morgan fingerprint density at radius 2 is 1.72 bits per heavy atom. The van der Waals surface area contributed by atoms with E-state index in [0.717, 1.165) is 36.4 Å². The van der Waals surface area contributed by atoms with Crippen LogP contribution in [0.3, 0.4) is 0 Å². The lowest BCUT2D eigenvalue weighted by Crippen LogP contribution is -2.32. The fraction of sp³-hybridized carbons (Fsp3) is 0.350. The summed E-state index contributed by atoms with van der Waals surface area (Å²) in [6.07, 6.45) is 2.87. The SMILES string of the molecule is COc1ccc(CCCc2cccc(NC(=O)[C@H](C)N)c2)cc1OC. The number of ether oxygens (including phenoxy) is 2. The molecule has 25 heavy (non-hydrogen) atoms. The van der Waals surface area contributed by atoms with Gasteiger partial charge in [0.2, 0.25) is 5.91 Å². The van der Waals surface area contributed by atoms with Crippen molar-refractivity contribution in [3.63, 3.8) is 0 Å². The van der Waals surface area contributed by atoms with Gasteiger partial charge in [0.15, 0.2) is 11.5 Å². The molecule has 5 heteroatoms. The van der Waals surface area contributed by atoms with Crippen LogP contribution in [0.4, 0.5) is 5.69 Å². The molecule has 3 N–H and O–H groups in total. The molecule has 134 valence electrons. The number of anilines is 1. The smallest absolute Gasteiger partial charge is 0.240 e. The highest BCUT2D eigenvalue weighted by Crippen LogP contribution is 2.28. The molecule has 0 radical (unpaired) electrons. The van der Waals surface area contributed by atoms with Crippen molar-refractivity contribution in [1.29, 1.82) is 0 Å². The molecule has 0 unspecified atom stereocenters. The Hall–Kier alpha value is -2.53. The molecule has 0 aromatic heterocycles. The van der Waals surface area contributed by atoms with E-state index in [9.17, 15) is 4.79 Å². The zero-order valence-corrected chi connectivity index (χ0v) is 15.0. The number of rotatable bonds is 8. The first-order valence-corrected chi connectivity index (χ1v) is 8.39. The molecule has 2 aromatic rings. The van der Waals surface area contributed by atoms with Crippen LogP contribution in [0.5, 0.6) is 11.5 Å². The molecule has 0 aliphatic carbocycles. The van der Waals surface area contributed by atoms with Crippen molar-refractivity contribution < 1.29 is 14.3 Å². The number of benzene rings is 2. The van der Waals surface area contributed by atoms with Crippen molar-refractivity contribution in [2.24, 2.45) is 5.73 Å². The average molecular weight is 342 g/mol. The first-order chi connectivity index (χ1) is 12.0. The highest BCUT2D eigenvalue weighted by molar-refractivity contribution is 5.94. The standard InChI is InChI=1S/C20H26N2O3/c1-14(21)20(23)22-17-9-5-8-15(12-17)6-4-7-16-10-11-18(24-2)19(13-16)25-3/h5,8-14H,4,6-7,21H2,1-3H3,(H,22,23)/t14-/m0/s1. The van der Waals surface area contributed by atoms with E-state index in [0.29, 0.717) is 0 Å². The number of methoxy groups -OCH3 is 2. The van der Waals surface area contributed by atoms with Crippen LogP contribution in [0.15, 0.2) is 42.5 Å². The van der Waals surface area contributed by atoms with Gasteiger partial charge in [0.05, 0.1) is 20.3 Å². The molecule has 0 aliphatic heterocycles. The largest absolute Gasteiger partial charge is 0.493 e.